The lowest BCUT2D eigenvalue weighted by molar-refractivity contribution is -0.121. The molecule has 1 aliphatic rings. The predicted octanol–water partition coefficient (Wildman–Crippen LogP) is 1.99. The second kappa shape index (κ2) is 8.34. The van der Waals surface area contributed by atoms with E-state index >= 15 is 0 Å². The van der Waals surface area contributed by atoms with Gasteiger partial charge in [0, 0.05) is 25.6 Å². The highest BCUT2D eigenvalue weighted by Crippen LogP contribution is 2.17. The molecule has 0 atom stereocenters. The fourth-order valence-electron chi connectivity index (χ4n) is 2.13. The minimum Gasteiger partial charge on any atom is -0.353 e. The molecule has 92 valence electrons. The Kier molecular flexibility index (Phi) is 6.90. The monoisotopic (exact) mass is 224 g/mol. The van der Waals surface area contributed by atoms with Gasteiger partial charge in [-0.1, -0.05) is 31.8 Å². The maximum atomic E-state index is 11.6. The van der Waals surface area contributed by atoms with Crippen LogP contribution in [0.25, 0.3) is 0 Å². The lowest BCUT2D eigenvalue weighted by Crippen LogP contribution is -2.36. The lowest BCUT2D eigenvalue weighted by Gasteiger charge is -2.16. The van der Waals surface area contributed by atoms with Crippen LogP contribution in [-0.2, 0) is 4.79 Å². The van der Waals surface area contributed by atoms with Crippen LogP contribution < -0.4 is 10.6 Å². The lowest BCUT2D eigenvalue weighted by atomic mass is 10.1. The number of amides is 1. The summed E-state index contributed by atoms with van der Waals surface area (Å²) in [4.78, 5) is 11.6. The smallest absolute Gasteiger partial charge is 0.221 e. The second-order valence-corrected chi connectivity index (χ2v) is 4.50. The van der Waals surface area contributed by atoms with Gasteiger partial charge in [-0.3, -0.25) is 4.79 Å². The molecule has 0 aromatic carbocycles. The minimum atomic E-state index is 0.184. The van der Waals surface area contributed by atoms with Crippen molar-refractivity contribution >= 4 is 5.91 Å². The van der Waals surface area contributed by atoms with Crippen molar-refractivity contribution in [3.8, 4) is 0 Å². The van der Waals surface area contributed by atoms with Gasteiger partial charge in [-0.15, -0.1) is 6.58 Å². The van der Waals surface area contributed by atoms with Gasteiger partial charge in [0.2, 0.25) is 5.91 Å². The first kappa shape index (κ1) is 13.2. The number of rotatable bonds is 6. The Morgan fingerprint density at radius 3 is 2.56 bits per heavy atom. The Labute approximate surface area is 98.7 Å². The molecule has 16 heavy (non-hydrogen) atoms. The van der Waals surface area contributed by atoms with E-state index in [1.165, 1.54) is 25.7 Å². The molecule has 0 heterocycles. The quantitative estimate of drug-likeness (QED) is 0.411. The van der Waals surface area contributed by atoms with Crippen LogP contribution in [-0.4, -0.2) is 25.0 Å². The van der Waals surface area contributed by atoms with Crippen molar-refractivity contribution in [2.24, 2.45) is 0 Å². The topological polar surface area (TPSA) is 41.1 Å². The van der Waals surface area contributed by atoms with Crippen molar-refractivity contribution in [1.82, 2.24) is 10.6 Å². The van der Waals surface area contributed by atoms with Gasteiger partial charge in [0.1, 0.15) is 0 Å². The van der Waals surface area contributed by atoms with Crippen molar-refractivity contribution in [2.75, 3.05) is 13.1 Å². The fraction of sp³-hybridized carbons (Fsp3) is 0.769. The Hall–Kier alpha value is -0.830. The van der Waals surface area contributed by atoms with E-state index in [0.717, 1.165) is 25.9 Å². The molecule has 1 rings (SSSR count). The minimum absolute atomic E-state index is 0.184. The highest BCUT2D eigenvalue weighted by atomic mass is 16.1. The molecular weight excluding hydrogens is 200 g/mol. The molecule has 1 saturated carbocycles. The maximum absolute atomic E-state index is 11.6. The zero-order valence-electron chi connectivity index (χ0n) is 10.1. The van der Waals surface area contributed by atoms with E-state index in [0.29, 0.717) is 12.5 Å². The van der Waals surface area contributed by atoms with Crippen molar-refractivity contribution in [3.05, 3.63) is 12.7 Å². The Balaban J connectivity index is 2.09. The van der Waals surface area contributed by atoms with Gasteiger partial charge in [0.05, 0.1) is 0 Å². The van der Waals surface area contributed by atoms with Gasteiger partial charge < -0.3 is 10.6 Å². The average Bonchev–Trinajstić information content (AvgIpc) is 2.53. The molecule has 0 unspecified atom stereocenters. The van der Waals surface area contributed by atoms with Crippen molar-refractivity contribution < 1.29 is 4.79 Å². The van der Waals surface area contributed by atoms with Gasteiger partial charge in [-0.05, 0) is 12.8 Å². The van der Waals surface area contributed by atoms with Gasteiger partial charge in [0.25, 0.3) is 0 Å². The summed E-state index contributed by atoms with van der Waals surface area (Å²) in [5.74, 6) is 0.184. The summed E-state index contributed by atoms with van der Waals surface area (Å²) in [7, 11) is 0. The molecule has 1 amide bonds. The number of nitrogens with one attached hydrogen (secondary N) is 2. The molecule has 0 saturated heterocycles. The molecular formula is C13H24N2O. The fourth-order valence-corrected chi connectivity index (χ4v) is 2.13. The van der Waals surface area contributed by atoms with Crippen LogP contribution in [0.3, 0.4) is 0 Å². The SMILES string of the molecule is C=CCNCCC(=O)NC1CCCCCC1. The predicted molar refractivity (Wildman–Crippen MR) is 67.3 cm³/mol. The standard InChI is InChI=1S/C13H24N2O/c1-2-10-14-11-9-13(16)15-12-7-5-3-4-6-8-12/h2,12,14H,1,3-11H2,(H,15,16). The van der Waals surface area contributed by atoms with Crippen LogP contribution in [0.15, 0.2) is 12.7 Å². The molecule has 0 bridgehead atoms. The first-order valence-electron chi connectivity index (χ1n) is 6.44. The third kappa shape index (κ3) is 5.91. The van der Waals surface area contributed by atoms with E-state index in [1.54, 1.807) is 0 Å². The zero-order chi connectivity index (χ0) is 11.6. The number of carbonyl (C=O) groups is 1. The molecule has 0 aliphatic heterocycles. The molecule has 0 aromatic rings. The van der Waals surface area contributed by atoms with Crippen LogP contribution in [0.4, 0.5) is 0 Å². The molecule has 3 nitrogen and oxygen atoms in total. The van der Waals surface area contributed by atoms with Crippen LogP contribution >= 0.6 is 0 Å². The summed E-state index contributed by atoms with van der Waals surface area (Å²) in [6, 6.07) is 0.425. The average molecular weight is 224 g/mol. The van der Waals surface area contributed by atoms with E-state index in [1.807, 2.05) is 6.08 Å². The van der Waals surface area contributed by atoms with E-state index in [2.05, 4.69) is 17.2 Å². The molecule has 1 aliphatic carbocycles. The van der Waals surface area contributed by atoms with Crippen molar-refractivity contribution in [3.63, 3.8) is 0 Å². The van der Waals surface area contributed by atoms with E-state index in [4.69, 9.17) is 0 Å². The van der Waals surface area contributed by atoms with Crippen LogP contribution in [0.1, 0.15) is 44.9 Å². The molecule has 0 radical (unpaired) electrons. The Bertz CT molecular complexity index is 208. The summed E-state index contributed by atoms with van der Waals surface area (Å²) in [6.07, 6.45) is 9.88. The highest BCUT2D eigenvalue weighted by Gasteiger charge is 2.13. The second-order valence-electron chi connectivity index (χ2n) is 4.50. The summed E-state index contributed by atoms with van der Waals surface area (Å²) in [5, 5.41) is 6.27. The number of hydrogen-bond donors (Lipinski definition) is 2. The van der Waals surface area contributed by atoms with E-state index in [9.17, 15) is 4.79 Å². The molecule has 0 spiro atoms. The largest absolute Gasteiger partial charge is 0.353 e. The maximum Gasteiger partial charge on any atom is 0.221 e. The van der Waals surface area contributed by atoms with E-state index < -0.39 is 0 Å². The first-order valence-corrected chi connectivity index (χ1v) is 6.44. The summed E-state index contributed by atoms with van der Waals surface area (Å²) < 4.78 is 0. The van der Waals surface area contributed by atoms with E-state index in [-0.39, 0.29) is 5.91 Å². The molecule has 1 fully saturated rings. The summed E-state index contributed by atoms with van der Waals surface area (Å²) in [6.45, 7) is 5.13. The van der Waals surface area contributed by atoms with Crippen molar-refractivity contribution in [1.29, 1.82) is 0 Å². The summed E-state index contributed by atoms with van der Waals surface area (Å²) >= 11 is 0. The Morgan fingerprint density at radius 1 is 1.25 bits per heavy atom. The zero-order valence-corrected chi connectivity index (χ0v) is 10.1. The van der Waals surface area contributed by atoms with Crippen LogP contribution in [0.2, 0.25) is 0 Å². The van der Waals surface area contributed by atoms with Crippen LogP contribution in [0.5, 0.6) is 0 Å². The highest BCUT2D eigenvalue weighted by molar-refractivity contribution is 5.76. The van der Waals surface area contributed by atoms with Crippen LogP contribution in [0, 0.1) is 0 Å². The van der Waals surface area contributed by atoms with Gasteiger partial charge in [-0.2, -0.15) is 0 Å². The van der Waals surface area contributed by atoms with Crippen molar-refractivity contribution in [2.45, 2.75) is 51.0 Å². The van der Waals surface area contributed by atoms with Gasteiger partial charge >= 0.3 is 0 Å². The molecule has 3 heteroatoms. The van der Waals surface area contributed by atoms with Gasteiger partial charge in [0.15, 0.2) is 0 Å². The first-order chi connectivity index (χ1) is 7.83. The summed E-state index contributed by atoms with van der Waals surface area (Å²) in [5.41, 5.74) is 0. The number of hydrogen-bond acceptors (Lipinski definition) is 2. The molecule has 2 N–H and O–H groups in total. The van der Waals surface area contributed by atoms with Gasteiger partial charge in [-0.25, -0.2) is 0 Å². The third-order valence-electron chi connectivity index (χ3n) is 3.04. The molecule has 0 aromatic heterocycles. The Morgan fingerprint density at radius 2 is 1.94 bits per heavy atom. The number of carbonyl (C=O) groups excluding carboxylic acids is 1. The third-order valence-corrected chi connectivity index (χ3v) is 3.04. The normalized spacial score (nSPS) is 17.8.